The van der Waals surface area contributed by atoms with Gasteiger partial charge in [-0.3, -0.25) is 9.52 Å². The number of aromatic nitrogens is 1. The molecule has 0 aliphatic rings. The van der Waals surface area contributed by atoms with Gasteiger partial charge in [0, 0.05) is 5.02 Å². The zero-order valence-electron chi connectivity index (χ0n) is 15.2. The van der Waals surface area contributed by atoms with E-state index in [9.17, 15) is 17.6 Å². The van der Waals surface area contributed by atoms with Crippen LogP contribution in [-0.2, 0) is 10.0 Å². The Morgan fingerprint density at radius 3 is 2.55 bits per heavy atom. The van der Waals surface area contributed by atoms with Crippen LogP contribution in [-0.4, -0.2) is 26.4 Å². The first kappa shape index (κ1) is 21.0. The Bertz CT molecular complexity index is 1160. The zero-order valence-corrected chi connectivity index (χ0v) is 17.6. The highest BCUT2D eigenvalue weighted by Gasteiger charge is 2.21. The summed E-state index contributed by atoms with van der Waals surface area (Å²) in [6.45, 7) is 1.58. The largest absolute Gasteiger partial charge is 0.495 e. The van der Waals surface area contributed by atoms with Crippen molar-refractivity contribution in [3.8, 4) is 5.75 Å². The van der Waals surface area contributed by atoms with Crippen molar-refractivity contribution in [1.29, 1.82) is 0 Å². The molecule has 3 aromatic rings. The number of nitrogens with zero attached hydrogens (tertiary/aromatic N) is 1. The van der Waals surface area contributed by atoms with Gasteiger partial charge in [-0.1, -0.05) is 22.9 Å². The summed E-state index contributed by atoms with van der Waals surface area (Å²) in [4.78, 5) is 16.8. The number of amides is 1. The molecule has 1 heterocycles. The molecule has 2 aromatic carbocycles. The van der Waals surface area contributed by atoms with Crippen molar-refractivity contribution in [3.05, 3.63) is 63.9 Å². The van der Waals surface area contributed by atoms with Crippen molar-refractivity contribution in [3.63, 3.8) is 0 Å². The number of carbonyl (C=O) groups is 1. The van der Waals surface area contributed by atoms with Gasteiger partial charge in [-0.25, -0.2) is 17.8 Å². The van der Waals surface area contributed by atoms with E-state index >= 15 is 0 Å². The van der Waals surface area contributed by atoms with Crippen LogP contribution in [0, 0.1) is 12.7 Å². The van der Waals surface area contributed by atoms with Crippen LogP contribution in [0.2, 0.25) is 5.02 Å². The van der Waals surface area contributed by atoms with Gasteiger partial charge in [0.15, 0.2) is 5.13 Å². The van der Waals surface area contributed by atoms with Crippen LogP contribution < -0.4 is 14.8 Å². The number of thiazole rings is 1. The molecule has 152 valence electrons. The maximum Gasteiger partial charge on any atom is 0.267 e. The fraction of sp³-hybridized carbons (Fsp3) is 0.111. The molecule has 0 fully saturated rings. The summed E-state index contributed by atoms with van der Waals surface area (Å²) < 4.78 is 45.3. The fourth-order valence-electron chi connectivity index (χ4n) is 2.40. The second-order valence-electron chi connectivity index (χ2n) is 5.79. The van der Waals surface area contributed by atoms with Crippen molar-refractivity contribution in [2.45, 2.75) is 11.8 Å². The molecular formula is C18H15ClFN3O4S2. The quantitative estimate of drug-likeness (QED) is 0.577. The number of sulfonamides is 1. The molecule has 0 saturated carbocycles. The number of aryl methyl sites for hydroxylation is 1. The Kier molecular flexibility index (Phi) is 6.06. The molecule has 11 heteroatoms. The Morgan fingerprint density at radius 1 is 1.21 bits per heavy atom. The number of rotatable bonds is 6. The summed E-state index contributed by atoms with van der Waals surface area (Å²) in [6.07, 6.45) is 0. The first-order valence-corrected chi connectivity index (χ1v) is 10.8. The molecule has 3 rings (SSSR count). The predicted molar refractivity (Wildman–Crippen MR) is 110 cm³/mol. The van der Waals surface area contributed by atoms with Crippen molar-refractivity contribution < 1.29 is 22.3 Å². The standard InChI is InChI=1S/C18H15ClFN3O4S2/c1-10-16(17(24)22-14-9-11(19)3-8-15(14)27-2)28-18(21-10)23-29(25,26)13-6-4-12(20)5-7-13/h3-9H,1-2H3,(H,21,23)(H,22,24). The van der Waals surface area contributed by atoms with Crippen LogP contribution in [0.4, 0.5) is 15.2 Å². The number of hydrogen-bond donors (Lipinski definition) is 2. The van der Waals surface area contributed by atoms with Gasteiger partial charge in [0.1, 0.15) is 16.4 Å². The third-order valence-corrected chi connectivity index (χ3v) is 6.55. The van der Waals surface area contributed by atoms with Gasteiger partial charge in [0.05, 0.1) is 23.4 Å². The van der Waals surface area contributed by atoms with Crippen molar-refractivity contribution in [2.24, 2.45) is 0 Å². The Labute approximate surface area is 175 Å². The minimum atomic E-state index is -3.97. The molecule has 0 unspecified atom stereocenters. The Morgan fingerprint density at radius 2 is 1.90 bits per heavy atom. The van der Waals surface area contributed by atoms with Crippen LogP contribution in [0.25, 0.3) is 0 Å². The van der Waals surface area contributed by atoms with Gasteiger partial charge in [-0.05, 0) is 49.4 Å². The normalized spacial score (nSPS) is 11.2. The van der Waals surface area contributed by atoms with Crippen LogP contribution in [0.3, 0.4) is 0 Å². The Balaban J connectivity index is 1.82. The molecule has 0 bridgehead atoms. The van der Waals surface area contributed by atoms with E-state index in [-0.39, 0.29) is 14.9 Å². The lowest BCUT2D eigenvalue weighted by molar-refractivity contribution is 0.102. The lowest BCUT2D eigenvalue weighted by Crippen LogP contribution is -2.12. The summed E-state index contributed by atoms with van der Waals surface area (Å²) in [5, 5.41) is 3.10. The molecule has 1 amide bonds. The number of halogens is 2. The highest BCUT2D eigenvalue weighted by molar-refractivity contribution is 7.93. The van der Waals surface area contributed by atoms with E-state index in [1.807, 2.05) is 0 Å². The predicted octanol–water partition coefficient (Wildman–Crippen LogP) is 4.31. The smallest absolute Gasteiger partial charge is 0.267 e. The van der Waals surface area contributed by atoms with Crippen molar-refractivity contribution >= 4 is 49.7 Å². The average Bonchev–Trinajstić information content (AvgIpc) is 3.02. The molecule has 0 radical (unpaired) electrons. The number of benzene rings is 2. The maximum absolute atomic E-state index is 13.0. The summed E-state index contributed by atoms with van der Waals surface area (Å²) in [7, 11) is -2.51. The van der Waals surface area contributed by atoms with E-state index in [1.165, 1.54) is 13.2 Å². The van der Waals surface area contributed by atoms with E-state index in [1.54, 1.807) is 19.1 Å². The van der Waals surface area contributed by atoms with Gasteiger partial charge in [-0.15, -0.1) is 0 Å². The summed E-state index contributed by atoms with van der Waals surface area (Å²) >= 11 is 6.83. The topological polar surface area (TPSA) is 97.4 Å². The maximum atomic E-state index is 13.0. The van der Waals surface area contributed by atoms with E-state index < -0.39 is 21.7 Å². The van der Waals surface area contributed by atoms with E-state index in [2.05, 4.69) is 15.0 Å². The number of hydrogen-bond acceptors (Lipinski definition) is 6. The highest BCUT2D eigenvalue weighted by atomic mass is 35.5. The number of nitrogens with one attached hydrogen (secondary N) is 2. The number of carbonyl (C=O) groups excluding carboxylic acids is 1. The summed E-state index contributed by atoms with van der Waals surface area (Å²) in [5.41, 5.74) is 0.705. The molecule has 0 atom stereocenters. The van der Waals surface area contributed by atoms with Crippen molar-refractivity contribution in [2.75, 3.05) is 17.1 Å². The summed E-state index contributed by atoms with van der Waals surface area (Å²) in [5.74, 6) is -0.626. The van der Waals surface area contributed by atoms with Gasteiger partial charge in [0.25, 0.3) is 15.9 Å². The minimum absolute atomic E-state index is 0.00929. The Hall–Kier alpha value is -2.69. The first-order valence-electron chi connectivity index (χ1n) is 8.10. The zero-order chi connectivity index (χ0) is 21.2. The van der Waals surface area contributed by atoms with Crippen molar-refractivity contribution in [1.82, 2.24) is 4.98 Å². The first-order chi connectivity index (χ1) is 13.7. The molecule has 1 aromatic heterocycles. The van der Waals surface area contributed by atoms with Crippen LogP contribution in [0.1, 0.15) is 15.4 Å². The summed E-state index contributed by atoms with van der Waals surface area (Å²) in [6, 6.07) is 9.12. The van der Waals surface area contributed by atoms with E-state index in [0.29, 0.717) is 22.2 Å². The average molecular weight is 456 g/mol. The SMILES string of the molecule is COc1ccc(Cl)cc1NC(=O)c1sc(NS(=O)(=O)c2ccc(F)cc2)nc1C. The fourth-order valence-corrected chi connectivity index (χ4v) is 4.66. The molecule has 0 spiro atoms. The number of ether oxygens (including phenoxy) is 1. The molecule has 7 nitrogen and oxygen atoms in total. The second-order valence-corrected chi connectivity index (χ2v) is 8.91. The van der Waals surface area contributed by atoms with E-state index in [0.717, 1.165) is 35.6 Å². The molecule has 2 N–H and O–H groups in total. The third-order valence-electron chi connectivity index (χ3n) is 3.76. The molecular weight excluding hydrogens is 441 g/mol. The van der Waals surface area contributed by atoms with Gasteiger partial charge < -0.3 is 10.1 Å². The van der Waals surface area contributed by atoms with Crippen LogP contribution in [0.15, 0.2) is 47.4 Å². The molecule has 0 saturated heterocycles. The second kappa shape index (κ2) is 8.36. The van der Waals surface area contributed by atoms with Crippen LogP contribution >= 0.6 is 22.9 Å². The highest BCUT2D eigenvalue weighted by Crippen LogP contribution is 2.30. The third kappa shape index (κ3) is 4.84. The lowest BCUT2D eigenvalue weighted by Gasteiger charge is -2.10. The van der Waals surface area contributed by atoms with Gasteiger partial charge in [0.2, 0.25) is 0 Å². The van der Waals surface area contributed by atoms with E-state index in [4.69, 9.17) is 16.3 Å². The minimum Gasteiger partial charge on any atom is -0.495 e. The van der Waals surface area contributed by atoms with Gasteiger partial charge >= 0.3 is 0 Å². The monoisotopic (exact) mass is 455 g/mol. The molecule has 29 heavy (non-hydrogen) atoms. The lowest BCUT2D eigenvalue weighted by atomic mass is 10.2. The molecule has 0 aliphatic heterocycles. The van der Waals surface area contributed by atoms with Crippen LogP contribution in [0.5, 0.6) is 5.75 Å². The van der Waals surface area contributed by atoms with Gasteiger partial charge in [-0.2, -0.15) is 0 Å². The number of methoxy groups -OCH3 is 1. The molecule has 0 aliphatic carbocycles. The number of anilines is 2.